The van der Waals surface area contributed by atoms with Crippen LogP contribution in [0.1, 0.15) is 30.1 Å². The first-order valence-electron chi connectivity index (χ1n) is 11.9. The van der Waals surface area contributed by atoms with Gasteiger partial charge in [0.25, 0.3) is 0 Å². The second kappa shape index (κ2) is 9.67. The standard InChI is InChI=1S/C26H29N5O3/c1-19(32)20-6-8-22(9-7-20)29-13-15-30(16-14-29)26(33)21-4-2-12-31(18-21)25-11-10-23(27-28-25)24-5-3-17-34-24/h3,5-11,17,21H,2,4,12-16,18H2,1H3. The highest BCUT2D eigenvalue weighted by molar-refractivity contribution is 5.94. The van der Waals surface area contributed by atoms with E-state index in [2.05, 4.69) is 20.0 Å². The van der Waals surface area contributed by atoms with Gasteiger partial charge in [-0.15, -0.1) is 10.2 Å². The molecular weight excluding hydrogens is 430 g/mol. The smallest absolute Gasteiger partial charge is 0.227 e. The highest BCUT2D eigenvalue weighted by atomic mass is 16.3. The number of piperidine rings is 1. The van der Waals surface area contributed by atoms with E-state index < -0.39 is 0 Å². The first-order valence-corrected chi connectivity index (χ1v) is 11.9. The van der Waals surface area contributed by atoms with Gasteiger partial charge in [-0.25, -0.2) is 0 Å². The number of rotatable bonds is 5. The largest absolute Gasteiger partial charge is 0.463 e. The summed E-state index contributed by atoms with van der Waals surface area (Å²) >= 11 is 0. The minimum atomic E-state index is -0.0262. The Kier molecular flexibility index (Phi) is 6.29. The van der Waals surface area contributed by atoms with Gasteiger partial charge in [-0.3, -0.25) is 9.59 Å². The predicted molar refractivity (Wildman–Crippen MR) is 130 cm³/mol. The fraction of sp³-hybridized carbons (Fsp3) is 0.385. The maximum atomic E-state index is 13.3. The maximum absolute atomic E-state index is 13.3. The van der Waals surface area contributed by atoms with E-state index in [9.17, 15) is 9.59 Å². The van der Waals surface area contributed by atoms with Crippen LogP contribution in [0.15, 0.2) is 59.2 Å². The summed E-state index contributed by atoms with van der Waals surface area (Å²) in [5, 5.41) is 8.69. The zero-order valence-electron chi connectivity index (χ0n) is 19.4. The van der Waals surface area contributed by atoms with Crippen molar-refractivity contribution in [3.05, 3.63) is 60.4 Å². The number of Topliss-reactive ketones (excluding diaryl/α,β-unsaturated/α-hetero) is 1. The molecule has 2 aliphatic heterocycles. The minimum Gasteiger partial charge on any atom is -0.463 e. The summed E-state index contributed by atoms with van der Waals surface area (Å²) in [7, 11) is 0. The number of benzene rings is 1. The molecule has 2 aliphatic rings. The number of piperazine rings is 1. The summed E-state index contributed by atoms with van der Waals surface area (Å²) in [6.07, 6.45) is 3.48. The van der Waals surface area contributed by atoms with Gasteiger partial charge in [-0.1, -0.05) is 0 Å². The normalized spacial score (nSPS) is 18.7. The molecule has 0 N–H and O–H groups in total. The Bertz CT molecular complexity index is 1120. The van der Waals surface area contributed by atoms with Crippen LogP contribution in [0.2, 0.25) is 0 Å². The lowest BCUT2D eigenvalue weighted by atomic mass is 9.96. The second-order valence-electron chi connectivity index (χ2n) is 8.95. The number of amides is 1. The van der Waals surface area contributed by atoms with Gasteiger partial charge in [0.15, 0.2) is 17.4 Å². The molecule has 0 bridgehead atoms. The molecule has 0 aliphatic carbocycles. The number of hydrogen-bond donors (Lipinski definition) is 0. The van der Waals surface area contributed by atoms with E-state index >= 15 is 0 Å². The summed E-state index contributed by atoms with van der Waals surface area (Å²) in [5.41, 5.74) is 2.52. The van der Waals surface area contributed by atoms with Crippen molar-refractivity contribution in [3.63, 3.8) is 0 Å². The van der Waals surface area contributed by atoms with Gasteiger partial charge in [0.05, 0.1) is 12.2 Å². The molecule has 2 fully saturated rings. The van der Waals surface area contributed by atoms with Crippen molar-refractivity contribution in [3.8, 4) is 11.5 Å². The van der Waals surface area contributed by atoms with Gasteiger partial charge in [-0.2, -0.15) is 0 Å². The van der Waals surface area contributed by atoms with Crippen LogP contribution in [0.25, 0.3) is 11.5 Å². The third-order valence-corrected chi connectivity index (χ3v) is 6.75. The third kappa shape index (κ3) is 4.66. The molecule has 2 aromatic heterocycles. The summed E-state index contributed by atoms with van der Waals surface area (Å²) < 4.78 is 5.39. The van der Waals surface area contributed by atoms with Crippen LogP contribution in [0.3, 0.4) is 0 Å². The zero-order valence-corrected chi connectivity index (χ0v) is 19.4. The molecule has 34 heavy (non-hydrogen) atoms. The summed E-state index contributed by atoms with van der Waals surface area (Å²) in [5.74, 6) is 1.77. The van der Waals surface area contributed by atoms with E-state index in [1.165, 1.54) is 0 Å². The Morgan fingerprint density at radius 2 is 1.71 bits per heavy atom. The number of aromatic nitrogens is 2. The van der Waals surface area contributed by atoms with Crippen molar-refractivity contribution in [1.29, 1.82) is 0 Å². The van der Waals surface area contributed by atoms with Crippen LogP contribution in [0.4, 0.5) is 11.5 Å². The summed E-state index contributed by atoms with van der Waals surface area (Å²) in [6.45, 7) is 6.13. The van der Waals surface area contributed by atoms with E-state index in [1.807, 2.05) is 53.4 Å². The van der Waals surface area contributed by atoms with E-state index in [1.54, 1.807) is 13.2 Å². The molecule has 1 atom stereocenters. The number of ketones is 1. The molecule has 3 aromatic rings. The molecule has 1 aromatic carbocycles. The third-order valence-electron chi connectivity index (χ3n) is 6.75. The first kappa shape index (κ1) is 22.1. The number of furan rings is 1. The molecule has 1 unspecified atom stereocenters. The fourth-order valence-corrected chi connectivity index (χ4v) is 4.79. The average Bonchev–Trinajstić information content (AvgIpc) is 3.44. The van der Waals surface area contributed by atoms with Gasteiger partial charge in [0.1, 0.15) is 5.69 Å². The molecule has 8 nitrogen and oxygen atoms in total. The Hall–Kier alpha value is -3.68. The zero-order chi connectivity index (χ0) is 23.5. The number of carbonyl (C=O) groups is 2. The Labute approximate surface area is 199 Å². The number of hydrogen-bond acceptors (Lipinski definition) is 7. The highest BCUT2D eigenvalue weighted by Gasteiger charge is 2.31. The van der Waals surface area contributed by atoms with Gasteiger partial charge in [0, 0.05) is 50.5 Å². The van der Waals surface area contributed by atoms with Gasteiger partial charge >= 0.3 is 0 Å². The van der Waals surface area contributed by atoms with Crippen LogP contribution in [0, 0.1) is 5.92 Å². The van der Waals surface area contributed by atoms with Crippen molar-refractivity contribution in [1.82, 2.24) is 15.1 Å². The van der Waals surface area contributed by atoms with Gasteiger partial charge in [0.2, 0.25) is 5.91 Å². The van der Waals surface area contributed by atoms with Gasteiger partial charge < -0.3 is 19.1 Å². The molecule has 0 spiro atoms. The number of carbonyl (C=O) groups excluding carboxylic acids is 2. The quantitative estimate of drug-likeness (QED) is 0.540. The molecule has 4 heterocycles. The maximum Gasteiger partial charge on any atom is 0.227 e. The Morgan fingerprint density at radius 3 is 2.35 bits per heavy atom. The molecule has 5 rings (SSSR count). The molecular formula is C26H29N5O3. The second-order valence-corrected chi connectivity index (χ2v) is 8.95. The topological polar surface area (TPSA) is 82.8 Å². The summed E-state index contributed by atoms with van der Waals surface area (Å²) in [4.78, 5) is 31.2. The van der Waals surface area contributed by atoms with Gasteiger partial charge in [-0.05, 0) is 68.3 Å². The van der Waals surface area contributed by atoms with E-state index in [4.69, 9.17) is 4.42 Å². The Morgan fingerprint density at radius 1 is 0.912 bits per heavy atom. The molecule has 0 radical (unpaired) electrons. The molecule has 8 heteroatoms. The van der Waals surface area contributed by atoms with Crippen LogP contribution in [-0.4, -0.2) is 66.1 Å². The number of nitrogens with zero attached hydrogens (tertiary/aromatic N) is 5. The predicted octanol–water partition coefficient (Wildman–Crippen LogP) is 3.50. The molecule has 2 saturated heterocycles. The van der Waals surface area contributed by atoms with E-state index in [-0.39, 0.29) is 17.6 Å². The van der Waals surface area contributed by atoms with Crippen molar-refractivity contribution >= 4 is 23.2 Å². The molecule has 0 saturated carbocycles. The monoisotopic (exact) mass is 459 g/mol. The summed E-state index contributed by atoms with van der Waals surface area (Å²) in [6, 6.07) is 15.3. The lowest BCUT2D eigenvalue weighted by Crippen LogP contribution is -2.52. The fourth-order valence-electron chi connectivity index (χ4n) is 4.79. The van der Waals surface area contributed by atoms with Crippen LogP contribution >= 0.6 is 0 Å². The molecule has 1 amide bonds. The first-order chi connectivity index (χ1) is 16.6. The lowest BCUT2D eigenvalue weighted by molar-refractivity contribution is -0.136. The minimum absolute atomic E-state index is 0.0262. The van der Waals surface area contributed by atoms with Crippen LogP contribution in [0.5, 0.6) is 0 Å². The highest BCUT2D eigenvalue weighted by Crippen LogP contribution is 2.26. The Balaban J connectivity index is 1.17. The van der Waals surface area contributed by atoms with E-state index in [0.717, 1.165) is 49.5 Å². The van der Waals surface area contributed by atoms with Crippen LogP contribution in [-0.2, 0) is 4.79 Å². The van der Waals surface area contributed by atoms with Crippen molar-refractivity contribution in [2.45, 2.75) is 19.8 Å². The average molecular weight is 460 g/mol. The molecule has 176 valence electrons. The SMILES string of the molecule is CC(=O)c1ccc(N2CCN(C(=O)C3CCCN(c4ccc(-c5ccco5)nn4)C3)CC2)cc1. The van der Waals surface area contributed by atoms with E-state index in [0.29, 0.717) is 31.1 Å². The number of anilines is 2. The van der Waals surface area contributed by atoms with Crippen molar-refractivity contribution in [2.24, 2.45) is 5.92 Å². The van der Waals surface area contributed by atoms with Crippen LogP contribution < -0.4 is 9.80 Å². The van der Waals surface area contributed by atoms with Crippen molar-refractivity contribution in [2.75, 3.05) is 49.1 Å². The van der Waals surface area contributed by atoms with Crippen molar-refractivity contribution < 1.29 is 14.0 Å². The lowest BCUT2D eigenvalue weighted by Gasteiger charge is -2.40.